The lowest BCUT2D eigenvalue weighted by atomic mass is 10.1. The summed E-state index contributed by atoms with van der Waals surface area (Å²) in [6, 6.07) is 17.3. The largest absolute Gasteiger partial charge is 0.352 e. The maximum atomic E-state index is 12.3. The molecule has 136 valence electrons. The van der Waals surface area contributed by atoms with Crippen LogP contribution >= 0.6 is 0 Å². The first kappa shape index (κ1) is 18.1. The average molecular weight is 362 g/mol. The monoisotopic (exact) mass is 362 g/mol. The predicted molar refractivity (Wildman–Crippen MR) is 103 cm³/mol. The number of hydrogen-bond donors (Lipinski definition) is 2. The Kier molecular flexibility index (Phi) is 5.73. The standard InChI is InChI=1S/C20H18N4O3/c25-20(22-12-10-15-5-4-11-21-14-15)16-8-9-18(19(13-16)24(26)27)23-17-6-2-1-3-7-17/h1-9,11,13-14,23H,10,12H2,(H,22,25). The van der Waals surface area contributed by atoms with E-state index in [1.54, 1.807) is 24.5 Å². The lowest BCUT2D eigenvalue weighted by molar-refractivity contribution is -0.383. The van der Waals surface area contributed by atoms with Crippen molar-refractivity contribution >= 4 is 23.0 Å². The molecule has 0 aliphatic heterocycles. The summed E-state index contributed by atoms with van der Waals surface area (Å²) in [6.45, 7) is 0.419. The summed E-state index contributed by atoms with van der Waals surface area (Å²) >= 11 is 0. The summed E-state index contributed by atoms with van der Waals surface area (Å²) in [5.41, 5.74) is 2.16. The molecule has 0 unspecified atom stereocenters. The highest BCUT2D eigenvalue weighted by molar-refractivity contribution is 5.95. The van der Waals surface area contributed by atoms with E-state index < -0.39 is 4.92 Å². The highest BCUT2D eigenvalue weighted by Gasteiger charge is 2.17. The molecule has 3 aromatic rings. The lowest BCUT2D eigenvalue weighted by Crippen LogP contribution is -2.25. The Morgan fingerprint density at radius 3 is 2.59 bits per heavy atom. The maximum Gasteiger partial charge on any atom is 0.293 e. The summed E-state index contributed by atoms with van der Waals surface area (Å²) in [5, 5.41) is 17.2. The molecule has 1 amide bonds. The van der Waals surface area contributed by atoms with Crippen LogP contribution in [0.1, 0.15) is 15.9 Å². The van der Waals surface area contributed by atoms with Gasteiger partial charge in [0.15, 0.2) is 0 Å². The molecule has 2 aromatic carbocycles. The van der Waals surface area contributed by atoms with Gasteiger partial charge in [-0.2, -0.15) is 0 Å². The fraction of sp³-hybridized carbons (Fsp3) is 0.100. The molecule has 0 spiro atoms. The van der Waals surface area contributed by atoms with Gasteiger partial charge in [0.2, 0.25) is 0 Å². The molecule has 1 aromatic heterocycles. The van der Waals surface area contributed by atoms with Gasteiger partial charge in [-0.1, -0.05) is 24.3 Å². The van der Waals surface area contributed by atoms with Gasteiger partial charge in [-0.15, -0.1) is 0 Å². The van der Waals surface area contributed by atoms with Gasteiger partial charge >= 0.3 is 0 Å². The zero-order valence-corrected chi connectivity index (χ0v) is 14.5. The third kappa shape index (κ3) is 4.88. The van der Waals surface area contributed by atoms with Crippen LogP contribution in [-0.4, -0.2) is 22.4 Å². The lowest BCUT2D eigenvalue weighted by Gasteiger charge is -2.09. The molecule has 0 fully saturated rings. The van der Waals surface area contributed by atoms with Gasteiger partial charge in [0.05, 0.1) is 4.92 Å². The van der Waals surface area contributed by atoms with Crippen molar-refractivity contribution in [3.05, 3.63) is 94.3 Å². The van der Waals surface area contributed by atoms with E-state index in [-0.39, 0.29) is 17.2 Å². The molecule has 1 heterocycles. The smallest absolute Gasteiger partial charge is 0.293 e. The molecule has 7 heteroatoms. The Labute approximate surface area is 156 Å². The number of carbonyl (C=O) groups excluding carboxylic acids is 1. The van der Waals surface area contributed by atoms with Crippen LogP contribution in [-0.2, 0) is 6.42 Å². The van der Waals surface area contributed by atoms with Crippen molar-refractivity contribution in [2.24, 2.45) is 0 Å². The van der Waals surface area contributed by atoms with E-state index >= 15 is 0 Å². The van der Waals surface area contributed by atoms with Crippen LogP contribution in [0.25, 0.3) is 0 Å². The number of pyridine rings is 1. The van der Waals surface area contributed by atoms with E-state index in [1.165, 1.54) is 6.07 Å². The van der Waals surface area contributed by atoms with E-state index in [0.29, 0.717) is 18.7 Å². The number of nitrogens with one attached hydrogen (secondary N) is 2. The number of hydrogen-bond acceptors (Lipinski definition) is 5. The molecule has 0 radical (unpaired) electrons. The molecule has 0 atom stereocenters. The van der Waals surface area contributed by atoms with E-state index in [1.807, 2.05) is 42.5 Å². The van der Waals surface area contributed by atoms with Crippen LogP contribution in [0.15, 0.2) is 73.1 Å². The van der Waals surface area contributed by atoms with Gasteiger partial charge in [-0.3, -0.25) is 19.9 Å². The quantitative estimate of drug-likeness (QED) is 0.493. The number of nitrogens with zero attached hydrogens (tertiary/aromatic N) is 2. The van der Waals surface area contributed by atoms with Crippen molar-refractivity contribution in [2.75, 3.05) is 11.9 Å². The van der Waals surface area contributed by atoms with Crippen molar-refractivity contribution in [3.8, 4) is 0 Å². The summed E-state index contributed by atoms with van der Waals surface area (Å²) in [5.74, 6) is -0.353. The fourth-order valence-electron chi connectivity index (χ4n) is 2.58. The topological polar surface area (TPSA) is 97.2 Å². The highest BCUT2D eigenvalue weighted by Crippen LogP contribution is 2.28. The number of rotatable bonds is 7. The number of nitro groups is 1. The number of para-hydroxylation sites is 1. The second-order valence-corrected chi connectivity index (χ2v) is 5.85. The Bertz CT molecular complexity index is 930. The number of carbonyl (C=O) groups is 1. The van der Waals surface area contributed by atoms with Crippen LogP contribution in [0.5, 0.6) is 0 Å². The zero-order chi connectivity index (χ0) is 19.1. The van der Waals surface area contributed by atoms with Crippen molar-refractivity contribution in [2.45, 2.75) is 6.42 Å². The molecule has 7 nitrogen and oxygen atoms in total. The van der Waals surface area contributed by atoms with Gasteiger partial charge in [0.25, 0.3) is 11.6 Å². The Morgan fingerprint density at radius 1 is 1.07 bits per heavy atom. The Hall–Kier alpha value is -3.74. The van der Waals surface area contributed by atoms with E-state index in [2.05, 4.69) is 15.6 Å². The highest BCUT2D eigenvalue weighted by atomic mass is 16.6. The molecule has 0 bridgehead atoms. The van der Waals surface area contributed by atoms with Gasteiger partial charge < -0.3 is 10.6 Å². The first-order chi connectivity index (χ1) is 13.1. The molecule has 27 heavy (non-hydrogen) atoms. The first-order valence-electron chi connectivity index (χ1n) is 8.41. The Morgan fingerprint density at radius 2 is 1.89 bits per heavy atom. The molecular formula is C20H18N4O3. The minimum Gasteiger partial charge on any atom is -0.352 e. The number of anilines is 2. The molecule has 0 aliphatic carbocycles. The van der Waals surface area contributed by atoms with Crippen molar-refractivity contribution in [1.29, 1.82) is 0 Å². The van der Waals surface area contributed by atoms with Crippen molar-refractivity contribution in [3.63, 3.8) is 0 Å². The molecule has 0 saturated carbocycles. The molecule has 2 N–H and O–H groups in total. The van der Waals surface area contributed by atoms with Crippen LogP contribution in [0.4, 0.5) is 17.1 Å². The van der Waals surface area contributed by atoms with E-state index in [0.717, 1.165) is 11.3 Å². The zero-order valence-electron chi connectivity index (χ0n) is 14.5. The van der Waals surface area contributed by atoms with E-state index in [9.17, 15) is 14.9 Å². The van der Waals surface area contributed by atoms with Crippen LogP contribution in [0.2, 0.25) is 0 Å². The number of benzene rings is 2. The Balaban J connectivity index is 1.69. The van der Waals surface area contributed by atoms with Crippen molar-refractivity contribution < 1.29 is 9.72 Å². The average Bonchev–Trinajstić information content (AvgIpc) is 2.69. The van der Waals surface area contributed by atoms with Crippen LogP contribution in [0.3, 0.4) is 0 Å². The molecular weight excluding hydrogens is 344 g/mol. The summed E-state index contributed by atoms with van der Waals surface area (Å²) < 4.78 is 0. The second kappa shape index (κ2) is 8.57. The number of nitro benzene ring substituents is 1. The second-order valence-electron chi connectivity index (χ2n) is 5.85. The molecule has 0 aliphatic rings. The first-order valence-corrected chi connectivity index (χ1v) is 8.41. The minimum absolute atomic E-state index is 0.154. The SMILES string of the molecule is O=C(NCCc1cccnc1)c1ccc(Nc2ccccc2)c([N+](=O)[O-])c1. The third-order valence-corrected chi connectivity index (χ3v) is 3.93. The molecule has 3 rings (SSSR count). The number of aromatic nitrogens is 1. The summed E-state index contributed by atoms with van der Waals surface area (Å²) in [4.78, 5) is 27.2. The van der Waals surface area contributed by atoms with Crippen LogP contribution in [0, 0.1) is 10.1 Å². The van der Waals surface area contributed by atoms with Crippen LogP contribution < -0.4 is 10.6 Å². The minimum atomic E-state index is -0.502. The maximum absolute atomic E-state index is 12.3. The van der Waals surface area contributed by atoms with Gasteiger partial charge in [0, 0.05) is 36.3 Å². The third-order valence-electron chi connectivity index (χ3n) is 3.93. The fourth-order valence-corrected chi connectivity index (χ4v) is 2.58. The predicted octanol–water partition coefficient (Wildman–Crippen LogP) is 3.71. The van der Waals surface area contributed by atoms with Gasteiger partial charge in [-0.25, -0.2) is 0 Å². The van der Waals surface area contributed by atoms with Gasteiger partial charge in [0.1, 0.15) is 5.69 Å². The summed E-state index contributed by atoms with van der Waals surface area (Å²) in [6.07, 6.45) is 4.06. The number of amides is 1. The molecule has 0 saturated heterocycles. The van der Waals surface area contributed by atoms with Gasteiger partial charge in [-0.05, 0) is 42.3 Å². The normalized spacial score (nSPS) is 10.2. The van der Waals surface area contributed by atoms with Crippen molar-refractivity contribution in [1.82, 2.24) is 10.3 Å². The van der Waals surface area contributed by atoms with E-state index in [4.69, 9.17) is 0 Å². The summed E-state index contributed by atoms with van der Waals surface area (Å²) in [7, 11) is 0.